The van der Waals surface area contributed by atoms with Crippen molar-refractivity contribution < 1.29 is 4.74 Å². The maximum Gasteiger partial charge on any atom is 0.0731 e. The van der Waals surface area contributed by atoms with Crippen LogP contribution in [-0.4, -0.2) is 13.2 Å². The number of benzene rings is 1. The number of nitrogens with two attached hydrogens (primary N) is 1. The van der Waals surface area contributed by atoms with E-state index in [9.17, 15) is 0 Å². The maximum atomic E-state index is 6.04. The molecule has 0 fully saturated rings. The molecule has 2 N–H and O–H groups in total. The van der Waals surface area contributed by atoms with Gasteiger partial charge < -0.3 is 10.5 Å². The fraction of sp³-hybridized carbons (Fsp3) is 0.571. The zero-order valence-corrected chi connectivity index (χ0v) is 11.5. The number of ether oxygens (including phenoxy) is 1. The summed E-state index contributed by atoms with van der Waals surface area (Å²) in [6, 6.07) is 7.78. The third-order valence-electron chi connectivity index (χ3n) is 2.91. The van der Waals surface area contributed by atoms with Gasteiger partial charge >= 0.3 is 0 Å². The number of hydrogen-bond acceptors (Lipinski definition) is 2. The molecule has 0 aliphatic carbocycles. The largest absolute Gasteiger partial charge is 0.377 e. The molecule has 1 rings (SSSR count). The van der Waals surface area contributed by atoms with Crippen molar-refractivity contribution in [1.29, 1.82) is 0 Å². The van der Waals surface area contributed by atoms with Crippen LogP contribution < -0.4 is 5.73 Å². The van der Waals surface area contributed by atoms with Gasteiger partial charge in [0.05, 0.1) is 6.61 Å². The average Bonchev–Trinajstić information content (AvgIpc) is 2.31. The molecule has 0 bridgehead atoms. The van der Waals surface area contributed by atoms with Crippen LogP contribution in [0.25, 0.3) is 0 Å². The molecule has 1 aromatic rings. The zero-order valence-electron chi connectivity index (χ0n) is 10.7. The van der Waals surface area contributed by atoms with Crippen LogP contribution in [0.5, 0.6) is 0 Å². The summed E-state index contributed by atoms with van der Waals surface area (Å²) in [6.07, 6.45) is 2.13. The van der Waals surface area contributed by atoms with E-state index in [0.717, 1.165) is 36.6 Å². The molecule has 1 aromatic carbocycles. The number of hydrogen-bond donors (Lipinski definition) is 1. The Hall–Kier alpha value is -0.570. The number of halogens is 1. The van der Waals surface area contributed by atoms with Crippen LogP contribution in [0.3, 0.4) is 0 Å². The summed E-state index contributed by atoms with van der Waals surface area (Å²) < 4.78 is 5.62. The van der Waals surface area contributed by atoms with Gasteiger partial charge in [-0.3, -0.25) is 0 Å². The average molecular weight is 256 g/mol. The standard InChI is InChI=1S/C14H22ClNO/c1-14(2,11-16)8-5-9-17-10-12-6-3-4-7-13(12)15/h3-4,6-7H,5,8-11,16H2,1-2H3. The van der Waals surface area contributed by atoms with E-state index in [4.69, 9.17) is 22.1 Å². The molecule has 3 heteroatoms. The van der Waals surface area contributed by atoms with Crippen molar-refractivity contribution in [3.63, 3.8) is 0 Å². The predicted molar refractivity (Wildman–Crippen MR) is 73.2 cm³/mol. The van der Waals surface area contributed by atoms with E-state index in [1.54, 1.807) is 0 Å². The van der Waals surface area contributed by atoms with Crippen LogP contribution in [0, 0.1) is 5.41 Å². The van der Waals surface area contributed by atoms with Crippen LogP contribution in [0.1, 0.15) is 32.3 Å². The first-order chi connectivity index (χ1) is 8.05. The van der Waals surface area contributed by atoms with Gasteiger partial charge in [0, 0.05) is 11.6 Å². The van der Waals surface area contributed by atoms with E-state index in [0.29, 0.717) is 6.61 Å². The van der Waals surface area contributed by atoms with Gasteiger partial charge in [0.15, 0.2) is 0 Å². The Labute approximate surface area is 109 Å². The topological polar surface area (TPSA) is 35.2 Å². The summed E-state index contributed by atoms with van der Waals surface area (Å²) >= 11 is 6.04. The first-order valence-corrected chi connectivity index (χ1v) is 6.44. The molecule has 0 amide bonds. The summed E-state index contributed by atoms with van der Waals surface area (Å²) in [5, 5.41) is 0.773. The quantitative estimate of drug-likeness (QED) is 0.756. The Morgan fingerprint density at radius 1 is 1.29 bits per heavy atom. The Bertz CT molecular complexity index is 339. The van der Waals surface area contributed by atoms with Crippen LogP contribution >= 0.6 is 11.6 Å². The molecule has 0 unspecified atom stereocenters. The second-order valence-electron chi connectivity index (χ2n) is 5.12. The van der Waals surface area contributed by atoms with Crippen LogP contribution in [-0.2, 0) is 11.3 Å². The molecule has 0 aliphatic heterocycles. The fourth-order valence-corrected chi connectivity index (χ4v) is 1.74. The van der Waals surface area contributed by atoms with Gasteiger partial charge in [0.1, 0.15) is 0 Å². The second kappa shape index (κ2) is 7.00. The highest BCUT2D eigenvalue weighted by molar-refractivity contribution is 6.31. The molecular weight excluding hydrogens is 234 g/mol. The maximum absolute atomic E-state index is 6.04. The van der Waals surface area contributed by atoms with Gasteiger partial charge in [-0.05, 0) is 36.4 Å². The van der Waals surface area contributed by atoms with Crippen LogP contribution in [0.4, 0.5) is 0 Å². The van der Waals surface area contributed by atoms with E-state index in [1.807, 2.05) is 24.3 Å². The summed E-state index contributed by atoms with van der Waals surface area (Å²) in [7, 11) is 0. The van der Waals surface area contributed by atoms with Crippen molar-refractivity contribution in [1.82, 2.24) is 0 Å². The summed E-state index contributed by atoms with van der Waals surface area (Å²) in [5.74, 6) is 0. The lowest BCUT2D eigenvalue weighted by molar-refractivity contribution is 0.109. The molecular formula is C14H22ClNO. The highest BCUT2D eigenvalue weighted by atomic mass is 35.5. The molecule has 0 saturated carbocycles. The monoisotopic (exact) mass is 255 g/mol. The summed E-state index contributed by atoms with van der Waals surface area (Å²) in [4.78, 5) is 0. The van der Waals surface area contributed by atoms with E-state index in [1.165, 1.54) is 0 Å². The number of rotatable bonds is 7. The third-order valence-corrected chi connectivity index (χ3v) is 3.28. The molecule has 0 radical (unpaired) electrons. The Kier molecular flexibility index (Phi) is 5.96. The molecule has 0 atom stereocenters. The Balaban J connectivity index is 2.19. The highest BCUT2D eigenvalue weighted by Gasteiger charge is 2.14. The van der Waals surface area contributed by atoms with Gasteiger partial charge in [-0.1, -0.05) is 43.6 Å². The lowest BCUT2D eigenvalue weighted by atomic mass is 9.88. The summed E-state index contributed by atoms with van der Waals surface area (Å²) in [5.41, 5.74) is 6.94. The lowest BCUT2D eigenvalue weighted by Crippen LogP contribution is -2.23. The second-order valence-corrected chi connectivity index (χ2v) is 5.52. The first kappa shape index (κ1) is 14.5. The van der Waals surface area contributed by atoms with Crippen molar-refractivity contribution in [3.8, 4) is 0 Å². The van der Waals surface area contributed by atoms with Crippen LogP contribution in [0.2, 0.25) is 5.02 Å². The van der Waals surface area contributed by atoms with Gasteiger partial charge in [0.2, 0.25) is 0 Å². The first-order valence-electron chi connectivity index (χ1n) is 6.06. The highest BCUT2D eigenvalue weighted by Crippen LogP contribution is 2.20. The van der Waals surface area contributed by atoms with Crippen molar-refractivity contribution in [2.45, 2.75) is 33.3 Å². The normalized spacial score (nSPS) is 11.8. The molecule has 17 heavy (non-hydrogen) atoms. The minimum absolute atomic E-state index is 0.216. The lowest BCUT2D eigenvalue weighted by Gasteiger charge is -2.21. The van der Waals surface area contributed by atoms with Gasteiger partial charge in [-0.15, -0.1) is 0 Å². The Morgan fingerprint density at radius 3 is 2.65 bits per heavy atom. The van der Waals surface area contributed by atoms with Gasteiger partial charge in [0.25, 0.3) is 0 Å². The van der Waals surface area contributed by atoms with E-state index in [2.05, 4.69) is 13.8 Å². The molecule has 0 spiro atoms. The minimum Gasteiger partial charge on any atom is -0.377 e. The van der Waals surface area contributed by atoms with Crippen molar-refractivity contribution in [2.75, 3.05) is 13.2 Å². The van der Waals surface area contributed by atoms with E-state index >= 15 is 0 Å². The smallest absolute Gasteiger partial charge is 0.0731 e. The molecule has 2 nitrogen and oxygen atoms in total. The third kappa shape index (κ3) is 5.53. The molecule has 0 aliphatic rings. The van der Waals surface area contributed by atoms with Crippen molar-refractivity contribution in [3.05, 3.63) is 34.9 Å². The van der Waals surface area contributed by atoms with Crippen LogP contribution in [0.15, 0.2) is 24.3 Å². The van der Waals surface area contributed by atoms with E-state index < -0.39 is 0 Å². The molecule has 0 aromatic heterocycles. The van der Waals surface area contributed by atoms with Gasteiger partial charge in [-0.2, -0.15) is 0 Å². The predicted octanol–water partition coefficient (Wildman–Crippen LogP) is 3.62. The zero-order chi connectivity index (χ0) is 12.7. The van der Waals surface area contributed by atoms with Crippen molar-refractivity contribution in [2.24, 2.45) is 11.1 Å². The Morgan fingerprint density at radius 2 is 2.00 bits per heavy atom. The summed E-state index contributed by atoms with van der Waals surface area (Å²) in [6.45, 7) is 6.43. The van der Waals surface area contributed by atoms with E-state index in [-0.39, 0.29) is 5.41 Å². The molecule has 96 valence electrons. The molecule has 0 saturated heterocycles. The van der Waals surface area contributed by atoms with Crippen molar-refractivity contribution >= 4 is 11.6 Å². The SMILES string of the molecule is CC(C)(CN)CCCOCc1ccccc1Cl. The fourth-order valence-electron chi connectivity index (χ4n) is 1.55. The molecule has 0 heterocycles. The minimum atomic E-state index is 0.216. The van der Waals surface area contributed by atoms with Gasteiger partial charge in [-0.25, -0.2) is 0 Å².